The van der Waals surface area contributed by atoms with E-state index in [1.807, 2.05) is 36.1 Å². The number of aromatic amines is 1. The summed E-state index contributed by atoms with van der Waals surface area (Å²) in [6, 6.07) is 9.24. The number of carbonyl (C=O) groups is 2. The number of benzene rings is 1. The van der Waals surface area contributed by atoms with Gasteiger partial charge in [0.2, 0.25) is 5.91 Å². The van der Waals surface area contributed by atoms with E-state index in [9.17, 15) is 14.7 Å². The molecule has 1 saturated heterocycles. The van der Waals surface area contributed by atoms with Gasteiger partial charge in [0.05, 0.1) is 26.3 Å². The molecule has 2 aromatic rings. The van der Waals surface area contributed by atoms with Crippen LogP contribution in [0, 0.1) is 0 Å². The third kappa shape index (κ3) is 5.86. The number of anilines is 1. The minimum Gasteiger partial charge on any atom is -0.384 e. The molecule has 3 rings (SSSR count). The van der Waals surface area contributed by atoms with Crippen LogP contribution in [0.4, 0.5) is 5.69 Å². The quantitative estimate of drug-likeness (QED) is 0.533. The van der Waals surface area contributed by atoms with Gasteiger partial charge in [-0.1, -0.05) is 25.1 Å². The number of hydrogen-bond donors (Lipinski definition) is 4. The Labute approximate surface area is 169 Å². The lowest BCUT2D eigenvalue weighted by molar-refractivity contribution is -0.117. The molecule has 9 heteroatoms. The van der Waals surface area contributed by atoms with Crippen LogP contribution in [0.1, 0.15) is 23.0 Å². The van der Waals surface area contributed by atoms with Gasteiger partial charge in [0, 0.05) is 25.0 Å². The van der Waals surface area contributed by atoms with Crippen molar-refractivity contribution in [2.45, 2.75) is 18.9 Å². The fourth-order valence-corrected chi connectivity index (χ4v) is 3.30. The van der Waals surface area contributed by atoms with Gasteiger partial charge < -0.3 is 20.5 Å². The van der Waals surface area contributed by atoms with Crippen LogP contribution in [-0.2, 0) is 16.0 Å². The summed E-state index contributed by atoms with van der Waals surface area (Å²) in [6.07, 6.45) is 2.30. The van der Waals surface area contributed by atoms with Crippen LogP contribution >= 0.6 is 0 Å². The number of nitrogens with zero attached hydrogens (tertiary/aromatic N) is 2. The van der Waals surface area contributed by atoms with Gasteiger partial charge in [-0.15, -0.1) is 0 Å². The number of ether oxygens (including phenoxy) is 1. The van der Waals surface area contributed by atoms with E-state index in [1.54, 1.807) is 6.07 Å². The summed E-state index contributed by atoms with van der Waals surface area (Å²) in [5.74, 6) is -0.516. The molecule has 1 aromatic heterocycles. The van der Waals surface area contributed by atoms with Crippen LogP contribution in [-0.4, -0.2) is 77.0 Å². The molecule has 0 saturated carbocycles. The van der Waals surface area contributed by atoms with Crippen molar-refractivity contribution in [3.63, 3.8) is 0 Å². The second-order valence-corrected chi connectivity index (χ2v) is 7.20. The molecule has 156 valence electrons. The number of hydrogen-bond acceptors (Lipinski definition) is 6. The Hall–Kier alpha value is -2.75. The highest BCUT2D eigenvalue weighted by atomic mass is 16.5. The van der Waals surface area contributed by atoms with Crippen molar-refractivity contribution in [2.24, 2.45) is 0 Å². The van der Waals surface area contributed by atoms with Gasteiger partial charge in [-0.25, -0.2) is 0 Å². The molecule has 9 nitrogen and oxygen atoms in total. The second-order valence-electron chi connectivity index (χ2n) is 7.20. The summed E-state index contributed by atoms with van der Waals surface area (Å²) in [7, 11) is 0. The van der Waals surface area contributed by atoms with Gasteiger partial charge in [-0.2, -0.15) is 5.10 Å². The van der Waals surface area contributed by atoms with Crippen molar-refractivity contribution in [1.29, 1.82) is 0 Å². The highest BCUT2D eigenvalue weighted by Crippen LogP contribution is 2.16. The van der Waals surface area contributed by atoms with Gasteiger partial charge in [-0.3, -0.25) is 19.6 Å². The van der Waals surface area contributed by atoms with Gasteiger partial charge >= 0.3 is 0 Å². The van der Waals surface area contributed by atoms with Crippen molar-refractivity contribution >= 4 is 17.5 Å². The van der Waals surface area contributed by atoms with Crippen LogP contribution in [0.5, 0.6) is 0 Å². The largest absolute Gasteiger partial charge is 0.384 e. The molecule has 2 amide bonds. The van der Waals surface area contributed by atoms with Crippen molar-refractivity contribution in [1.82, 2.24) is 20.4 Å². The van der Waals surface area contributed by atoms with Crippen LogP contribution < -0.4 is 10.6 Å². The maximum Gasteiger partial charge on any atom is 0.269 e. The molecular formula is C20H27N5O4. The Kier molecular flexibility index (Phi) is 6.97. The number of H-pyrrole nitrogens is 1. The average Bonchev–Trinajstić information content (AvgIpc) is 3.18. The van der Waals surface area contributed by atoms with E-state index in [4.69, 9.17) is 4.74 Å². The number of nitrogens with one attached hydrogen (secondary N) is 3. The molecule has 1 atom stereocenters. The van der Waals surface area contributed by atoms with E-state index in [0.29, 0.717) is 18.8 Å². The van der Waals surface area contributed by atoms with E-state index in [1.165, 1.54) is 6.20 Å². The third-order valence-corrected chi connectivity index (χ3v) is 4.80. The number of carbonyl (C=O) groups excluding carboxylic acids is 2. The summed E-state index contributed by atoms with van der Waals surface area (Å²) in [5.41, 5.74) is 0.883. The Balaban J connectivity index is 1.56. The standard InChI is InChI=1S/C20H27N5O4/c1-2-15-5-3-4-6-16(15)23-18(26)11-25-9-10-29-14-20(28,13-25)12-21-19(27)17-7-8-22-24-17/h3-8,28H,2,9-14H2,1H3,(H,21,27)(H,22,24)(H,23,26). The SMILES string of the molecule is CCc1ccccc1NC(=O)CN1CCOCC(O)(CNC(=O)c2ccn[nH]2)C1. The lowest BCUT2D eigenvalue weighted by atomic mass is 10.0. The first kappa shape index (κ1) is 21.0. The number of β-amino-alcohol motifs (C(OH)–C–C–N with tert-alkyl or cyclic N) is 1. The van der Waals surface area contributed by atoms with Gasteiger partial charge in [0.1, 0.15) is 11.3 Å². The smallest absolute Gasteiger partial charge is 0.269 e. The highest BCUT2D eigenvalue weighted by Gasteiger charge is 2.33. The maximum absolute atomic E-state index is 12.5. The number of aromatic nitrogens is 2. The van der Waals surface area contributed by atoms with Gasteiger partial charge in [0.15, 0.2) is 0 Å². The van der Waals surface area contributed by atoms with Crippen LogP contribution in [0.2, 0.25) is 0 Å². The predicted octanol–water partition coefficient (Wildman–Crippen LogP) is 0.404. The zero-order chi connectivity index (χ0) is 20.7. The number of amides is 2. The first-order valence-corrected chi connectivity index (χ1v) is 9.67. The van der Waals surface area contributed by atoms with Crippen LogP contribution in [0.3, 0.4) is 0 Å². The molecule has 0 radical (unpaired) electrons. The molecule has 1 aromatic carbocycles. The Morgan fingerprint density at radius 2 is 2.17 bits per heavy atom. The number of rotatable bonds is 7. The molecule has 2 heterocycles. The zero-order valence-corrected chi connectivity index (χ0v) is 16.5. The number of para-hydroxylation sites is 1. The van der Waals surface area contributed by atoms with Crippen molar-refractivity contribution < 1.29 is 19.4 Å². The molecule has 0 bridgehead atoms. The summed E-state index contributed by atoms with van der Waals surface area (Å²) < 4.78 is 5.50. The first-order valence-electron chi connectivity index (χ1n) is 9.67. The summed E-state index contributed by atoms with van der Waals surface area (Å²) >= 11 is 0. The molecule has 1 aliphatic rings. The monoisotopic (exact) mass is 401 g/mol. The Morgan fingerprint density at radius 1 is 1.34 bits per heavy atom. The van der Waals surface area contributed by atoms with Crippen LogP contribution in [0.15, 0.2) is 36.5 Å². The van der Waals surface area contributed by atoms with E-state index < -0.39 is 5.60 Å². The molecule has 0 aliphatic carbocycles. The van der Waals surface area contributed by atoms with Gasteiger partial charge in [-0.05, 0) is 24.1 Å². The summed E-state index contributed by atoms with van der Waals surface area (Å²) in [5, 5.41) is 22.9. The molecule has 4 N–H and O–H groups in total. The molecule has 1 aliphatic heterocycles. The summed E-state index contributed by atoms with van der Waals surface area (Å²) in [4.78, 5) is 26.5. The highest BCUT2D eigenvalue weighted by molar-refractivity contribution is 5.93. The van der Waals surface area contributed by atoms with Crippen molar-refractivity contribution in [2.75, 3.05) is 44.7 Å². The normalized spacial score (nSPS) is 20.1. The van der Waals surface area contributed by atoms with E-state index in [2.05, 4.69) is 20.8 Å². The fourth-order valence-electron chi connectivity index (χ4n) is 3.30. The maximum atomic E-state index is 12.5. The van der Waals surface area contributed by atoms with E-state index in [0.717, 1.165) is 17.7 Å². The number of aryl methyl sites for hydroxylation is 1. The molecule has 29 heavy (non-hydrogen) atoms. The predicted molar refractivity (Wildman–Crippen MR) is 108 cm³/mol. The molecule has 1 unspecified atom stereocenters. The average molecular weight is 401 g/mol. The van der Waals surface area contributed by atoms with E-state index >= 15 is 0 Å². The summed E-state index contributed by atoms with van der Waals surface area (Å²) in [6.45, 7) is 3.36. The topological polar surface area (TPSA) is 120 Å². The fraction of sp³-hybridized carbons (Fsp3) is 0.450. The Bertz CT molecular complexity index is 826. The molecule has 0 spiro atoms. The van der Waals surface area contributed by atoms with Gasteiger partial charge in [0.25, 0.3) is 5.91 Å². The minimum atomic E-state index is -1.30. The van der Waals surface area contributed by atoms with Crippen molar-refractivity contribution in [3.05, 3.63) is 47.8 Å². The number of aliphatic hydroxyl groups is 1. The van der Waals surface area contributed by atoms with Crippen molar-refractivity contribution in [3.8, 4) is 0 Å². The Morgan fingerprint density at radius 3 is 2.93 bits per heavy atom. The zero-order valence-electron chi connectivity index (χ0n) is 16.5. The molecular weight excluding hydrogens is 374 g/mol. The first-order chi connectivity index (χ1) is 14.0. The van der Waals surface area contributed by atoms with E-state index in [-0.39, 0.29) is 38.1 Å². The third-order valence-electron chi connectivity index (χ3n) is 4.80. The molecule has 1 fully saturated rings. The second kappa shape index (κ2) is 9.64. The van der Waals surface area contributed by atoms with Crippen LogP contribution in [0.25, 0.3) is 0 Å². The minimum absolute atomic E-state index is 0.00163. The lowest BCUT2D eigenvalue weighted by Gasteiger charge is -2.30. The lowest BCUT2D eigenvalue weighted by Crippen LogP contribution is -2.53.